The van der Waals surface area contributed by atoms with Gasteiger partial charge in [-0.1, -0.05) is 31.0 Å². The molecule has 144 valence electrons. The number of amides is 1. The molecular weight excluding hydrogens is 348 g/mol. The van der Waals surface area contributed by atoms with E-state index in [-0.39, 0.29) is 18.4 Å². The van der Waals surface area contributed by atoms with Crippen molar-refractivity contribution in [2.45, 2.75) is 57.0 Å². The topological polar surface area (TPSA) is 41.6 Å². The lowest BCUT2D eigenvalue weighted by atomic mass is 9.85. The maximum atomic E-state index is 12.9. The summed E-state index contributed by atoms with van der Waals surface area (Å²) in [5, 5.41) is 3.63. The summed E-state index contributed by atoms with van der Waals surface area (Å²) >= 11 is 0. The number of hydrogen-bond acceptors (Lipinski definition) is 3. The number of nitrogens with zero attached hydrogens (tertiary/aromatic N) is 1. The first kappa shape index (κ1) is 19.5. The Hall–Kier alpha value is -1.26. The van der Waals surface area contributed by atoms with E-state index in [2.05, 4.69) is 10.2 Å². The fourth-order valence-corrected chi connectivity index (χ4v) is 4.78. The second-order valence-electron chi connectivity index (χ2n) is 8.00. The van der Waals surface area contributed by atoms with Crippen LogP contribution < -0.4 is 10.1 Å². The van der Waals surface area contributed by atoms with E-state index >= 15 is 0 Å². The number of likely N-dealkylation sites (tertiary alicyclic amines) is 1. The minimum Gasteiger partial charge on any atom is -0.493 e. The van der Waals surface area contributed by atoms with E-state index in [0.717, 1.165) is 50.6 Å². The molecule has 0 bridgehead atoms. The van der Waals surface area contributed by atoms with E-state index in [9.17, 15) is 4.79 Å². The van der Waals surface area contributed by atoms with E-state index in [1.807, 2.05) is 30.3 Å². The number of halogens is 1. The summed E-state index contributed by atoms with van der Waals surface area (Å²) in [6, 6.07) is 10.7. The fourth-order valence-electron chi connectivity index (χ4n) is 4.78. The third kappa shape index (κ3) is 4.52. The predicted molar refractivity (Wildman–Crippen MR) is 106 cm³/mol. The van der Waals surface area contributed by atoms with Gasteiger partial charge in [-0.05, 0) is 56.1 Å². The molecule has 0 radical (unpaired) electrons. The van der Waals surface area contributed by atoms with Crippen LogP contribution in [-0.4, -0.2) is 42.6 Å². The number of hydrogen-bond donors (Lipinski definition) is 1. The SMILES string of the molecule is Cl.O=C(C1CC2CCCCC2N1)N1CCC(COc2ccccc2)CC1. The first-order chi connectivity index (χ1) is 12.3. The second-order valence-corrected chi connectivity index (χ2v) is 8.00. The van der Waals surface area contributed by atoms with Crippen LogP contribution in [0.4, 0.5) is 0 Å². The number of rotatable bonds is 4. The molecule has 2 aliphatic heterocycles. The van der Waals surface area contributed by atoms with Crippen LogP contribution in [0.5, 0.6) is 5.75 Å². The van der Waals surface area contributed by atoms with Crippen molar-refractivity contribution >= 4 is 18.3 Å². The average Bonchev–Trinajstić information content (AvgIpc) is 3.11. The molecule has 2 saturated heterocycles. The second kappa shape index (κ2) is 9.09. The van der Waals surface area contributed by atoms with Gasteiger partial charge < -0.3 is 15.0 Å². The molecule has 1 N–H and O–H groups in total. The number of benzene rings is 1. The molecule has 3 fully saturated rings. The highest BCUT2D eigenvalue weighted by Gasteiger charge is 2.40. The molecule has 3 atom stereocenters. The lowest BCUT2D eigenvalue weighted by Gasteiger charge is -2.33. The summed E-state index contributed by atoms with van der Waals surface area (Å²) < 4.78 is 5.89. The van der Waals surface area contributed by atoms with Gasteiger partial charge in [-0.3, -0.25) is 4.79 Å². The highest BCUT2D eigenvalue weighted by molar-refractivity contribution is 5.85. The molecule has 3 unspecified atom stereocenters. The van der Waals surface area contributed by atoms with E-state index in [1.54, 1.807) is 0 Å². The van der Waals surface area contributed by atoms with Gasteiger partial charge in [0.2, 0.25) is 5.91 Å². The highest BCUT2D eigenvalue weighted by atomic mass is 35.5. The molecule has 0 spiro atoms. The van der Waals surface area contributed by atoms with E-state index in [1.165, 1.54) is 25.7 Å². The molecule has 3 aliphatic rings. The monoisotopic (exact) mass is 378 g/mol. The molecule has 26 heavy (non-hydrogen) atoms. The zero-order valence-electron chi connectivity index (χ0n) is 15.4. The smallest absolute Gasteiger partial charge is 0.239 e. The molecule has 0 aromatic heterocycles. The summed E-state index contributed by atoms with van der Waals surface area (Å²) in [5.74, 6) is 2.58. The Morgan fingerprint density at radius 1 is 1.08 bits per heavy atom. The third-order valence-electron chi connectivity index (χ3n) is 6.32. The predicted octanol–water partition coefficient (Wildman–Crippen LogP) is 3.65. The van der Waals surface area contributed by atoms with Crippen molar-refractivity contribution in [1.82, 2.24) is 10.2 Å². The molecule has 4 nitrogen and oxygen atoms in total. The van der Waals surface area contributed by atoms with Gasteiger partial charge in [-0.2, -0.15) is 0 Å². The van der Waals surface area contributed by atoms with Crippen LogP contribution in [0.15, 0.2) is 30.3 Å². The van der Waals surface area contributed by atoms with Crippen molar-refractivity contribution in [3.05, 3.63) is 30.3 Å². The average molecular weight is 379 g/mol. The van der Waals surface area contributed by atoms with Gasteiger partial charge in [0.15, 0.2) is 0 Å². The summed E-state index contributed by atoms with van der Waals surface area (Å²) in [6.07, 6.45) is 8.39. The number of fused-ring (bicyclic) bond motifs is 1. The highest BCUT2D eigenvalue weighted by Crippen LogP contribution is 2.34. The summed E-state index contributed by atoms with van der Waals surface area (Å²) in [5.41, 5.74) is 0. The number of carbonyl (C=O) groups is 1. The van der Waals surface area contributed by atoms with Crippen LogP contribution in [0, 0.1) is 11.8 Å². The molecule has 1 aromatic rings. The Kier molecular flexibility index (Phi) is 6.82. The minimum absolute atomic E-state index is 0. The van der Waals surface area contributed by atoms with Crippen molar-refractivity contribution in [3.8, 4) is 5.75 Å². The number of ether oxygens (including phenoxy) is 1. The van der Waals surface area contributed by atoms with Crippen LogP contribution in [0.1, 0.15) is 44.9 Å². The zero-order valence-corrected chi connectivity index (χ0v) is 16.3. The van der Waals surface area contributed by atoms with Crippen molar-refractivity contribution in [2.75, 3.05) is 19.7 Å². The lowest BCUT2D eigenvalue weighted by molar-refractivity contribution is -0.134. The van der Waals surface area contributed by atoms with Gasteiger partial charge >= 0.3 is 0 Å². The summed E-state index contributed by atoms with van der Waals surface area (Å²) in [7, 11) is 0. The van der Waals surface area contributed by atoms with Crippen LogP contribution in [0.2, 0.25) is 0 Å². The molecule has 1 aliphatic carbocycles. The Bertz CT molecular complexity index is 561. The number of para-hydroxylation sites is 1. The third-order valence-corrected chi connectivity index (χ3v) is 6.32. The van der Waals surface area contributed by atoms with Gasteiger partial charge in [0, 0.05) is 19.1 Å². The van der Waals surface area contributed by atoms with Crippen LogP contribution in [0.25, 0.3) is 0 Å². The van der Waals surface area contributed by atoms with Crippen LogP contribution in [-0.2, 0) is 4.79 Å². The number of piperidine rings is 1. The van der Waals surface area contributed by atoms with Gasteiger partial charge in [0.05, 0.1) is 12.6 Å². The van der Waals surface area contributed by atoms with E-state index < -0.39 is 0 Å². The molecular formula is C21H31ClN2O2. The first-order valence-electron chi connectivity index (χ1n) is 10.0. The maximum absolute atomic E-state index is 12.9. The quantitative estimate of drug-likeness (QED) is 0.869. The largest absolute Gasteiger partial charge is 0.493 e. The molecule has 2 heterocycles. The minimum atomic E-state index is 0. The summed E-state index contributed by atoms with van der Waals surface area (Å²) in [6.45, 7) is 2.53. The van der Waals surface area contributed by atoms with Crippen LogP contribution in [0.3, 0.4) is 0 Å². The summed E-state index contributed by atoms with van der Waals surface area (Å²) in [4.78, 5) is 15.0. The zero-order chi connectivity index (χ0) is 17.1. The Labute approximate surface area is 163 Å². The Balaban J connectivity index is 0.00000196. The van der Waals surface area contributed by atoms with Gasteiger partial charge in [0.25, 0.3) is 0 Å². The Morgan fingerprint density at radius 3 is 2.54 bits per heavy atom. The lowest BCUT2D eigenvalue weighted by Crippen LogP contribution is -2.48. The van der Waals surface area contributed by atoms with Gasteiger partial charge in [0.1, 0.15) is 5.75 Å². The molecule has 1 saturated carbocycles. The van der Waals surface area contributed by atoms with E-state index in [4.69, 9.17) is 4.74 Å². The molecule has 5 heteroatoms. The number of nitrogens with one attached hydrogen (secondary N) is 1. The van der Waals surface area contributed by atoms with E-state index in [0.29, 0.717) is 17.9 Å². The maximum Gasteiger partial charge on any atom is 0.239 e. The van der Waals surface area contributed by atoms with Crippen molar-refractivity contribution in [3.63, 3.8) is 0 Å². The van der Waals surface area contributed by atoms with Crippen molar-refractivity contribution in [2.24, 2.45) is 11.8 Å². The van der Waals surface area contributed by atoms with Crippen molar-refractivity contribution in [1.29, 1.82) is 0 Å². The van der Waals surface area contributed by atoms with Gasteiger partial charge in [-0.15, -0.1) is 12.4 Å². The van der Waals surface area contributed by atoms with Crippen LogP contribution >= 0.6 is 12.4 Å². The molecule has 4 rings (SSSR count). The fraction of sp³-hybridized carbons (Fsp3) is 0.667. The first-order valence-corrected chi connectivity index (χ1v) is 10.0. The molecule has 1 amide bonds. The number of carbonyl (C=O) groups excluding carboxylic acids is 1. The van der Waals surface area contributed by atoms with Crippen molar-refractivity contribution < 1.29 is 9.53 Å². The molecule has 1 aromatic carbocycles. The van der Waals surface area contributed by atoms with Gasteiger partial charge in [-0.25, -0.2) is 0 Å². The normalized spacial score (nSPS) is 28.9. The standard InChI is InChI=1S/C21H30N2O2.ClH/c24-21(20-14-17-6-4-5-9-19(17)22-20)23-12-10-16(11-13-23)15-25-18-7-2-1-3-8-18;/h1-3,7-8,16-17,19-20,22H,4-6,9-15H2;1H. The Morgan fingerprint density at radius 2 is 1.81 bits per heavy atom.